The van der Waals surface area contributed by atoms with E-state index in [1.165, 1.54) is 16.7 Å². The molecule has 0 amide bonds. The van der Waals surface area contributed by atoms with Crippen LogP contribution < -0.4 is 0 Å². The van der Waals surface area contributed by atoms with Gasteiger partial charge in [-0.3, -0.25) is 0 Å². The first-order chi connectivity index (χ1) is 7.43. The van der Waals surface area contributed by atoms with E-state index in [4.69, 9.17) is 0 Å². The fourth-order valence-corrected chi connectivity index (χ4v) is 1.56. The predicted octanol–water partition coefficient (Wildman–Crippen LogP) is 5.65. The van der Waals surface area contributed by atoms with Crippen LogP contribution in [-0.4, -0.2) is 0 Å². The smallest absolute Gasteiger partial charge is 0.0129 e. The standard InChI is InChI=1S/C12H18.2C2H6/c1-9-7-6-8-11(10(9)2)12(3,4)5;2*1-2/h6-8H,1-5H3;2*1-2H3. The number of benzene rings is 1. The van der Waals surface area contributed by atoms with Crippen LogP contribution in [0.2, 0.25) is 0 Å². The lowest BCUT2D eigenvalue weighted by molar-refractivity contribution is 0.585. The van der Waals surface area contributed by atoms with E-state index in [0.717, 1.165) is 0 Å². The monoisotopic (exact) mass is 222 g/mol. The molecule has 0 bridgehead atoms. The van der Waals surface area contributed by atoms with Crippen LogP contribution in [0.25, 0.3) is 0 Å². The second-order valence-corrected chi connectivity index (χ2v) is 4.50. The summed E-state index contributed by atoms with van der Waals surface area (Å²) in [5.41, 5.74) is 4.56. The van der Waals surface area contributed by atoms with Gasteiger partial charge < -0.3 is 0 Å². The Kier molecular flexibility index (Phi) is 9.22. The molecule has 0 atom stereocenters. The molecule has 1 aromatic rings. The van der Waals surface area contributed by atoms with Crippen molar-refractivity contribution in [3.8, 4) is 0 Å². The average molecular weight is 222 g/mol. The Morgan fingerprint density at radius 2 is 1.25 bits per heavy atom. The van der Waals surface area contributed by atoms with E-state index >= 15 is 0 Å². The third-order valence-corrected chi connectivity index (χ3v) is 2.41. The van der Waals surface area contributed by atoms with Crippen molar-refractivity contribution in [3.63, 3.8) is 0 Å². The van der Waals surface area contributed by atoms with Gasteiger partial charge in [-0.05, 0) is 36.0 Å². The van der Waals surface area contributed by atoms with Gasteiger partial charge in [0.15, 0.2) is 0 Å². The maximum absolute atomic E-state index is 2.26. The van der Waals surface area contributed by atoms with Crippen LogP contribution in [0.1, 0.15) is 65.2 Å². The van der Waals surface area contributed by atoms with Crippen molar-refractivity contribution in [3.05, 3.63) is 34.9 Å². The Morgan fingerprint density at radius 1 is 0.812 bits per heavy atom. The van der Waals surface area contributed by atoms with Crippen LogP contribution in [0.15, 0.2) is 18.2 Å². The predicted molar refractivity (Wildman–Crippen MR) is 77.3 cm³/mol. The molecule has 0 heterocycles. The first-order valence-electron chi connectivity index (χ1n) is 6.49. The van der Waals surface area contributed by atoms with Gasteiger partial charge in [0.25, 0.3) is 0 Å². The van der Waals surface area contributed by atoms with Crippen molar-refractivity contribution < 1.29 is 0 Å². The number of hydrogen-bond acceptors (Lipinski definition) is 0. The maximum Gasteiger partial charge on any atom is -0.0129 e. The Labute approximate surface area is 103 Å². The molecule has 0 aromatic heterocycles. The molecule has 0 fully saturated rings. The minimum atomic E-state index is 0.274. The minimum Gasteiger partial charge on any atom is -0.0683 e. The summed E-state index contributed by atoms with van der Waals surface area (Å²) < 4.78 is 0. The molecule has 0 unspecified atom stereocenters. The van der Waals surface area contributed by atoms with Crippen LogP contribution in [-0.2, 0) is 5.41 Å². The van der Waals surface area contributed by atoms with Crippen LogP contribution in [0.3, 0.4) is 0 Å². The number of aryl methyl sites for hydroxylation is 1. The molecule has 0 nitrogen and oxygen atoms in total. The molecule has 94 valence electrons. The van der Waals surface area contributed by atoms with Crippen LogP contribution in [0.4, 0.5) is 0 Å². The Morgan fingerprint density at radius 3 is 1.56 bits per heavy atom. The van der Waals surface area contributed by atoms with E-state index in [1.807, 2.05) is 27.7 Å². The Hall–Kier alpha value is -0.780. The van der Waals surface area contributed by atoms with E-state index in [2.05, 4.69) is 52.8 Å². The largest absolute Gasteiger partial charge is 0.0683 e. The third kappa shape index (κ3) is 5.34. The molecule has 1 rings (SSSR count). The second-order valence-electron chi connectivity index (χ2n) is 4.50. The van der Waals surface area contributed by atoms with Gasteiger partial charge >= 0.3 is 0 Å². The highest BCUT2D eigenvalue weighted by Gasteiger charge is 2.15. The zero-order valence-electron chi connectivity index (χ0n) is 12.7. The minimum absolute atomic E-state index is 0.274. The average Bonchev–Trinajstić information content (AvgIpc) is 2.26. The first-order valence-corrected chi connectivity index (χ1v) is 6.49. The highest BCUT2D eigenvalue weighted by molar-refractivity contribution is 5.37. The second kappa shape index (κ2) is 8.38. The molecule has 0 radical (unpaired) electrons. The van der Waals surface area contributed by atoms with E-state index in [1.54, 1.807) is 0 Å². The van der Waals surface area contributed by atoms with Gasteiger partial charge in [-0.25, -0.2) is 0 Å². The molecule has 0 heteroatoms. The lowest BCUT2D eigenvalue weighted by Gasteiger charge is -2.22. The summed E-state index contributed by atoms with van der Waals surface area (Å²) in [5, 5.41) is 0. The van der Waals surface area contributed by atoms with Gasteiger partial charge in [0.05, 0.1) is 0 Å². The molecular formula is C16H30. The maximum atomic E-state index is 2.26. The molecule has 0 saturated heterocycles. The van der Waals surface area contributed by atoms with Gasteiger partial charge in [0.2, 0.25) is 0 Å². The first kappa shape index (κ1) is 17.6. The van der Waals surface area contributed by atoms with Crippen molar-refractivity contribution in [1.82, 2.24) is 0 Å². The molecule has 0 spiro atoms. The lowest BCUT2D eigenvalue weighted by atomic mass is 9.83. The lowest BCUT2D eigenvalue weighted by Crippen LogP contribution is -2.13. The van der Waals surface area contributed by atoms with Gasteiger partial charge in [-0.2, -0.15) is 0 Å². The van der Waals surface area contributed by atoms with Crippen molar-refractivity contribution in [1.29, 1.82) is 0 Å². The fourth-order valence-electron chi connectivity index (χ4n) is 1.56. The van der Waals surface area contributed by atoms with Crippen molar-refractivity contribution >= 4 is 0 Å². The van der Waals surface area contributed by atoms with Gasteiger partial charge in [0, 0.05) is 0 Å². The molecule has 0 aliphatic heterocycles. The molecule has 0 N–H and O–H groups in total. The highest BCUT2D eigenvalue weighted by Crippen LogP contribution is 2.26. The summed E-state index contributed by atoms with van der Waals surface area (Å²) >= 11 is 0. The SMILES string of the molecule is CC.CC.Cc1cccc(C(C)(C)C)c1C. The molecule has 16 heavy (non-hydrogen) atoms. The molecular weight excluding hydrogens is 192 g/mol. The molecule has 0 saturated carbocycles. The number of hydrogen-bond donors (Lipinski definition) is 0. The summed E-state index contributed by atoms with van der Waals surface area (Å²) in [6.45, 7) is 19.2. The van der Waals surface area contributed by atoms with Crippen molar-refractivity contribution in [2.24, 2.45) is 0 Å². The summed E-state index contributed by atoms with van der Waals surface area (Å²) in [4.78, 5) is 0. The summed E-state index contributed by atoms with van der Waals surface area (Å²) in [6, 6.07) is 6.54. The fraction of sp³-hybridized carbons (Fsp3) is 0.625. The van der Waals surface area contributed by atoms with E-state index in [0.29, 0.717) is 0 Å². The van der Waals surface area contributed by atoms with Crippen molar-refractivity contribution in [2.45, 2.75) is 67.7 Å². The van der Waals surface area contributed by atoms with Gasteiger partial charge in [-0.15, -0.1) is 0 Å². The van der Waals surface area contributed by atoms with Gasteiger partial charge in [-0.1, -0.05) is 66.7 Å². The summed E-state index contributed by atoms with van der Waals surface area (Å²) in [5.74, 6) is 0. The highest BCUT2D eigenvalue weighted by atomic mass is 14.2. The van der Waals surface area contributed by atoms with Crippen molar-refractivity contribution in [2.75, 3.05) is 0 Å². The van der Waals surface area contributed by atoms with E-state index in [9.17, 15) is 0 Å². The van der Waals surface area contributed by atoms with E-state index < -0.39 is 0 Å². The Balaban J connectivity index is 0. The zero-order valence-corrected chi connectivity index (χ0v) is 12.7. The third-order valence-electron chi connectivity index (χ3n) is 2.41. The summed E-state index contributed by atoms with van der Waals surface area (Å²) in [7, 11) is 0. The quantitative estimate of drug-likeness (QED) is 0.532. The normalized spacial score (nSPS) is 9.56. The molecule has 0 aliphatic carbocycles. The zero-order chi connectivity index (χ0) is 13.4. The van der Waals surface area contributed by atoms with Crippen LogP contribution >= 0.6 is 0 Å². The Bertz CT molecular complexity index is 277. The molecule has 0 aliphatic rings. The van der Waals surface area contributed by atoms with E-state index in [-0.39, 0.29) is 5.41 Å². The van der Waals surface area contributed by atoms with Crippen LogP contribution in [0.5, 0.6) is 0 Å². The number of rotatable bonds is 0. The topological polar surface area (TPSA) is 0 Å². The van der Waals surface area contributed by atoms with Gasteiger partial charge in [0.1, 0.15) is 0 Å². The van der Waals surface area contributed by atoms with Crippen LogP contribution in [0, 0.1) is 13.8 Å². The molecule has 1 aromatic carbocycles. The summed E-state index contributed by atoms with van der Waals surface area (Å²) in [6.07, 6.45) is 0.